The Morgan fingerprint density at radius 1 is 0.341 bits per heavy atom. The van der Waals surface area contributed by atoms with Crippen molar-refractivity contribution in [2.24, 2.45) is 0 Å². The molecule has 0 aromatic carbocycles. The highest BCUT2D eigenvalue weighted by Gasteiger charge is 2.45. The number of carbonyl (C=O) groups is 6. The lowest BCUT2D eigenvalue weighted by molar-refractivity contribution is -0.125. The number of halogens is 6. The van der Waals surface area contributed by atoms with E-state index in [4.69, 9.17) is 22.7 Å². The zero-order valence-corrected chi connectivity index (χ0v) is 26.1. The van der Waals surface area contributed by atoms with Gasteiger partial charge in [0, 0.05) is 36.5 Å². The van der Waals surface area contributed by atoms with E-state index >= 15 is 0 Å². The Hall–Kier alpha value is -4.10. The van der Waals surface area contributed by atoms with Gasteiger partial charge in [0.2, 0.25) is 0 Å². The molecule has 0 aliphatic carbocycles. The van der Waals surface area contributed by atoms with Gasteiger partial charge in [-0.1, -0.05) is 0 Å². The summed E-state index contributed by atoms with van der Waals surface area (Å²) in [6.07, 6.45) is 2.95. The zero-order chi connectivity index (χ0) is 34.6. The molecule has 0 fully saturated rings. The minimum atomic E-state index is -3.25. The van der Waals surface area contributed by atoms with Crippen LogP contribution in [-0.4, -0.2) is 66.5 Å². The molecule has 0 aromatic heterocycles. The zero-order valence-electron chi connectivity index (χ0n) is 23.8. The molecule has 0 amide bonds. The second-order valence-corrected chi connectivity index (χ2v) is 10.2. The van der Waals surface area contributed by atoms with Crippen LogP contribution in [0, 0.1) is 0 Å². The largest absolute Gasteiger partial charge is 1.20 e. The molecular weight excluding hydrogens is 648 g/mol. The molecule has 0 radical (unpaired) electrons. The average molecular weight is 672 g/mol. The fourth-order valence-electron chi connectivity index (χ4n) is 2.22. The number of rotatable bonds is 18. The van der Waals surface area contributed by atoms with Gasteiger partial charge in [-0.2, -0.15) is 26.3 Å². The van der Waals surface area contributed by atoms with Gasteiger partial charge >= 0.3 is 66.5 Å². The van der Waals surface area contributed by atoms with E-state index in [1.807, 2.05) is 0 Å². The lowest BCUT2D eigenvalue weighted by Crippen LogP contribution is -2.26. The topological polar surface area (TPSA) is 158 Å². The van der Waals surface area contributed by atoms with Crippen LogP contribution < -0.4 is 0 Å². The van der Waals surface area contributed by atoms with Gasteiger partial charge in [0.15, 0.2) is 0 Å². The van der Waals surface area contributed by atoms with Crippen LogP contribution in [0.2, 0.25) is 0 Å². The van der Waals surface area contributed by atoms with E-state index in [1.54, 1.807) is 0 Å². The van der Waals surface area contributed by atoms with E-state index in [2.05, 4.69) is 0 Å². The molecule has 0 atom stereocenters. The number of allylic oxidation sites excluding steroid dienone is 12. The van der Waals surface area contributed by atoms with Crippen LogP contribution in [-0.2, 0) is 51.5 Å². The normalized spacial score (nSPS) is 12.5. The average Bonchev–Trinajstić information content (AvgIpc) is 2.75. The van der Waals surface area contributed by atoms with Crippen molar-refractivity contribution < 1.29 is 77.8 Å². The van der Waals surface area contributed by atoms with E-state index in [-0.39, 0.29) is 34.6 Å². The number of hydrogen-bond acceptors (Lipinski definition) is 12. The quantitative estimate of drug-likeness (QED) is 0.0664. The summed E-state index contributed by atoms with van der Waals surface area (Å²) in [6, 6.07) is -10.7. The van der Waals surface area contributed by atoms with Crippen LogP contribution in [0.4, 0.5) is 26.3 Å². The molecular formula is C24H24Al2F6O12. The van der Waals surface area contributed by atoms with Crippen LogP contribution in [0.25, 0.3) is 0 Å². The maximum Gasteiger partial charge on any atom is 1.20 e. The van der Waals surface area contributed by atoms with Gasteiger partial charge < -0.3 is 22.7 Å². The Morgan fingerprint density at radius 2 is 0.455 bits per heavy atom. The fourth-order valence-corrected chi connectivity index (χ4v) is 4.74. The van der Waals surface area contributed by atoms with Gasteiger partial charge in [-0.05, 0) is 41.5 Å². The summed E-state index contributed by atoms with van der Waals surface area (Å²) in [5, 5.41) is 0. The van der Waals surface area contributed by atoms with Crippen LogP contribution in [0.15, 0.2) is 71.0 Å². The minimum absolute atomic E-state index is 0.220. The van der Waals surface area contributed by atoms with Crippen molar-refractivity contribution in [1.82, 2.24) is 0 Å². The van der Waals surface area contributed by atoms with Crippen LogP contribution >= 0.6 is 0 Å². The highest BCUT2D eigenvalue weighted by Crippen LogP contribution is 2.13. The molecule has 0 unspecified atom stereocenters. The Morgan fingerprint density at radius 3 is 0.545 bits per heavy atom. The summed E-state index contributed by atoms with van der Waals surface area (Å²) >= 11 is -6.49. The van der Waals surface area contributed by atoms with Crippen molar-refractivity contribution in [2.75, 3.05) is 0 Å². The number of carbonyl (C=O) groups excluding carboxylic acids is 6. The first kappa shape index (κ1) is 42.0. The van der Waals surface area contributed by atoms with E-state index in [1.165, 1.54) is 41.5 Å². The Kier molecular flexibility index (Phi) is 21.4. The van der Waals surface area contributed by atoms with E-state index in [0.29, 0.717) is 36.5 Å². The van der Waals surface area contributed by atoms with E-state index in [9.17, 15) is 55.1 Å². The highest BCUT2D eigenvalue weighted by molar-refractivity contribution is 6.38. The maximum absolute atomic E-state index is 12.2. The summed E-state index contributed by atoms with van der Waals surface area (Å²) in [4.78, 5) is 61.6. The molecule has 0 bridgehead atoms. The lowest BCUT2D eigenvalue weighted by atomic mass is 10.5. The summed E-state index contributed by atoms with van der Waals surface area (Å²) in [6.45, 7) is 7.27. The van der Waals surface area contributed by atoms with Gasteiger partial charge in [0.1, 0.15) is 0 Å². The van der Waals surface area contributed by atoms with Gasteiger partial charge in [0.25, 0.3) is 0 Å². The molecule has 240 valence electrons. The van der Waals surface area contributed by atoms with Crippen LogP contribution in [0.5, 0.6) is 0 Å². The van der Waals surface area contributed by atoms with Crippen molar-refractivity contribution in [1.29, 1.82) is 0 Å². The predicted molar refractivity (Wildman–Crippen MR) is 137 cm³/mol. The molecule has 0 saturated heterocycles. The number of hydrogen-bond donors (Lipinski definition) is 0. The molecule has 20 heteroatoms. The molecule has 44 heavy (non-hydrogen) atoms. The molecule has 0 spiro atoms. The third kappa shape index (κ3) is 26.8. The SMILES string of the molecule is C/C(=C/C(=O)F)[O][Al]([O]/C(C)=C\C(=O)F)[O]/C(C)=C/C(=O)F.C/C(=C/C(=O)F)[O][Al]([O]/C(C)=C\C(=O)F)[O]/C(C)=C\C(=O)F. The third-order valence-corrected chi connectivity index (χ3v) is 6.98. The molecule has 0 rings (SSSR count). The Labute approximate surface area is 256 Å². The monoisotopic (exact) mass is 672 g/mol. The Balaban J connectivity index is 0. The fraction of sp³-hybridized carbons (Fsp3) is 0.250. The Bertz CT molecular complexity index is 1030. The standard InChI is InChI=1S/6C4H5FO2.2Al/c6*1-3(6)2-4(5)7;;/h6*2,6H,1H3;;/q;;;;;;2*+3/p-6/b3-2+;5*3-2-;;. The van der Waals surface area contributed by atoms with Crippen molar-refractivity contribution in [3.63, 3.8) is 0 Å². The van der Waals surface area contributed by atoms with Crippen LogP contribution in [0.1, 0.15) is 41.5 Å². The first-order valence-electron chi connectivity index (χ1n) is 11.5. The highest BCUT2D eigenvalue weighted by atomic mass is 27.3. The first-order chi connectivity index (χ1) is 20.2. The molecule has 0 aromatic rings. The van der Waals surface area contributed by atoms with Crippen molar-refractivity contribution in [3.8, 4) is 0 Å². The van der Waals surface area contributed by atoms with Crippen molar-refractivity contribution in [3.05, 3.63) is 71.0 Å². The van der Waals surface area contributed by atoms with Gasteiger partial charge in [-0.25, -0.2) is 0 Å². The summed E-state index contributed by atoms with van der Waals surface area (Å²) in [7, 11) is 0. The molecule has 0 heterocycles. The molecule has 0 aliphatic rings. The molecule has 12 nitrogen and oxygen atoms in total. The summed E-state index contributed by atoms with van der Waals surface area (Å²) < 4.78 is 103. The van der Waals surface area contributed by atoms with Gasteiger partial charge in [0.05, 0.1) is 34.6 Å². The van der Waals surface area contributed by atoms with Gasteiger partial charge in [-0.15, -0.1) is 0 Å². The minimum Gasteiger partial charge on any atom is -0.580 e. The van der Waals surface area contributed by atoms with Crippen LogP contribution in [0.3, 0.4) is 0 Å². The summed E-state index contributed by atoms with van der Waals surface area (Å²) in [5.41, 5.74) is 0. The first-order valence-corrected chi connectivity index (χ1v) is 14.3. The molecule has 0 aliphatic heterocycles. The second-order valence-electron chi connectivity index (χ2n) is 7.64. The maximum atomic E-state index is 12.2. The smallest absolute Gasteiger partial charge is 0.580 e. The van der Waals surface area contributed by atoms with Crippen molar-refractivity contribution >= 4 is 66.5 Å². The van der Waals surface area contributed by atoms with E-state index in [0.717, 1.165) is 0 Å². The van der Waals surface area contributed by atoms with Crippen molar-refractivity contribution in [2.45, 2.75) is 41.5 Å². The molecule has 0 saturated carbocycles. The summed E-state index contributed by atoms with van der Waals surface area (Å²) in [5.74, 6) is -1.32. The third-order valence-electron chi connectivity index (χ3n) is 3.59. The second kappa shape index (κ2) is 22.4. The van der Waals surface area contributed by atoms with Gasteiger partial charge in [-0.3, -0.25) is 28.8 Å². The molecule has 0 N–H and O–H groups in total. The predicted octanol–water partition coefficient (Wildman–Crippen LogP) is 4.44. The van der Waals surface area contributed by atoms with E-state index < -0.39 is 66.5 Å². The lowest BCUT2D eigenvalue weighted by Gasteiger charge is -2.16.